The van der Waals surface area contributed by atoms with Crippen LogP contribution in [0, 0.1) is 0 Å². The van der Waals surface area contributed by atoms with Gasteiger partial charge in [-0.3, -0.25) is 0 Å². The zero-order valence-corrected chi connectivity index (χ0v) is 7.81. The Balaban J connectivity index is 2.42. The fraction of sp³-hybridized carbons (Fsp3) is 1.00. The number of nitrogens with zero attached hydrogens (tertiary/aromatic N) is 1. The van der Waals surface area contributed by atoms with Gasteiger partial charge in [0.15, 0.2) is 0 Å². The van der Waals surface area contributed by atoms with Gasteiger partial charge in [0.05, 0.1) is 0 Å². The first-order valence-electron chi connectivity index (χ1n) is 4.83. The van der Waals surface area contributed by atoms with Gasteiger partial charge in [0.25, 0.3) is 0 Å². The van der Waals surface area contributed by atoms with Gasteiger partial charge in [-0.1, -0.05) is 0 Å². The van der Waals surface area contributed by atoms with Crippen LogP contribution >= 0.6 is 0 Å². The van der Waals surface area contributed by atoms with E-state index < -0.39 is 0 Å². The van der Waals surface area contributed by atoms with Crippen LogP contribution in [-0.2, 0) is 4.84 Å². The number of hydrogen-bond donors (Lipinski definition) is 0. The summed E-state index contributed by atoms with van der Waals surface area (Å²) < 4.78 is 0.913. The molecule has 0 N–H and O–H groups in total. The lowest BCUT2D eigenvalue weighted by atomic mass is 10.1. The van der Waals surface area contributed by atoms with E-state index in [1.807, 2.05) is 0 Å². The molecule has 0 aromatic heterocycles. The molecule has 1 aliphatic rings. The lowest BCUT2D eigenvalue weighted by Gasteiger charge is -2.37. The Kier molecular flexibility index (Phi) is 3.34. The number of piperidine rings is 1. The third-order valence-corrected chi connectivity index (χ3v) is 2.61. The second-order valence-corrected chi connectivity index (χ2v) is 3.30. The maximum Gasteiger partial charge on any atom is 0.109 e. The topological polar surface area (TPSA) is 9.23 Å². The highest BCUT2D eigenvalue weighted by molar-refractivity contribution is 4.48. The first-order valence-corrected chi connectivity index (χ1v) is 4.83. The lowest BCUT2D eigenvalue weighted by molar-refractivity contribution is -1.11. The second kappa shape index (κ2) is 4.07. The molecule has 2 nitrogen and oxygen atoms in total. The summed E-state index contributed by atoms with van der Waals surface area (Å²) in [5, 5.41) is 0. The van der Waals surface area contributed by atoms with E-state index in [1.54, 1.807) is 0 Å². The average Bonchev–Trinajstić information content (AvgIpc) is 2.07. The van der Waals surface area contributed by atoms with Gasteiger partial charge in [0.1, 0.15) is 26.2 Å². The third-order valence-electron chi connectivity index (χ3n) is 2.61. The molecule has 0 saturated carbocycles. The first kappa shape index (κ1) is 9.01. The quantitative estimate of drug-likeness (QED) is 0.570. The molecule has 0 aromatic rings. The monoisotopic (exact) mass is 158 g/mol. The Hall–Kier alpha value is -0.0800. The van der Waals surface area contributed by atoms with Crippen molar-refractivity contribution in [2.75, 3.05) is 26.2 Å². The van der Waals surface area contributed by atoms with Crippen LogP contribution in [0.2, 0.25) is 0 Å². The SMILES string of the molecule is CCO[N+]1(CC)CCCCC1. The first-order chi connectivity index (χ1) is 5.33. The summed E-state index contributed by atoms with van der Waals surface area (Å²) in [6.07, 6.45) is 4.08. The predicted molar refractivity (Wildman–Crippen MR) is 46.0 cm³/mol. The van der Waals surface area contributed by atoms with Gasteiger partial charge in [0.2, 0.25) is 0 Å². The third kappa shape index (κ3) is 2.17. The molecule has 1 saturated heterocycles. The molecule has 0 radical (unpaired) electrons. The Bertz CT molecular complexity index is 103. The molecule has 0 unspecified atom stereocenters. The molecule has 1 heterocycles. The van der Waals surface area contributed by atoms with E-state index in [-0.39, 0.29) is 0 Å². The molecule has 1 fully saturated rings. The van der Waals surface area contributed by atoms with Crippen molar-refractivity contribution in [1.29, 1.82) is 0 Å². The van der Waals surface area contributed by atoms with Crippen LogP contribution in [0.25, 0.3) is 0 Å². The number of quaternary nitrogens is 1. The molecule has 1 aliphatic heterocycles. The van der Waals surface area contributed by atoms with Gasteiger partial charge in [0, 0.05) is 0 Å². The van der Waals surface area contributed by atoms with Gasteiger partial charge in [-0.15, -0.1) is 0 Å². The van der Waals surface area contributed by atoms with Crippen molar-refractivity contribution in [3.8, 4) is 0 Å². The van der Waals surface area contributed by atoms with Crippen LogP contribution in [-0.4, -0.2) is 30.9 Å². The van der Waals surface area contributed by atoms with Crippen molar-refractivity contribution in [3.05, 3.63) is 0 Å². The predicted octanol–water partition coefficient (Wildman–Crippen LogP) is 1.96. The average molecular weight is 158 g/mol. The summed E-state index contributed by atoms with van der Waals surface area (Å²) in [6.45, 7) is 8.75. The smallest absolute Gasteiger partial charge is 0.109 e. The molecule has 0 aliphatic carbocycles. The molecule has 66 valence electrons. The highest BCUT2D eigenvalue weighted by atomic mass is 16.7. The standard InChI is InChI=1S/C9H20NO/c1-3-10(11-4-2)8-6-5-7-9-10/h3-9H2,1-2H3/q+1. The number of hydroxylamine groups is 3. The minimum absolute atomic E-state index is 0.855. The van der Waals surface area contributed by atoms with Crippen LogP contribution in [0.1, 0.15) is 33.1 Å². The largest absolute Gasteiger partial charge is 0.203 e. The molecule has 1 rings (SSSR count). The maximum atomic E-state index is 5.76. The van der Waals surface area contributed by atoms with E-state index in [0.29, 0.717) is 0 Å². The summed E-state index contributed by atoms with van der Waals surface area (Å²) in [5.74, 6) is 0. The van der Waals surface area contributed by atoms with Crippen LogP contribution < -0.4 is 0 Å². The molecule has 0 aromatic carbocycles. The van der Waals surface area contributed by atoms with Crippen molar-refractivity contribution in [3.63, 3.8) is 0 Å². The molecular weight excluding hydrogens is 138 g/mol. The Morgan fingerprint density at radius 2 is 1.73 bits per heavy atom. The van der Waals surface area contributed by atoms with Crippen LogP contribution in [0.15, 0.2) is 0 Å². The van der Waals surface area contributed by atoms with E-state index in [4.69, 9.17) is 4.84 Å². The molecule has 0 spiro atoms. The Morgan fingerprint density at radius 1 is 1.09 bits per heavy atom. The summed E-state index contributed by atoms with van der Waals surface area (Å²) in [6, 6.07) is 0. The van der Waals surface area contributed by atoms with E-state index in [1.165, 1.54) is 32.4 Å². The zero-order valence-electron chi connectivity index (χ0n) is 7.81. The van der Waals surface area contributed by atoms with E-state index in [9.17, 15) is 0 Å². The number of hydrogen-bond acceptors (Lipinski definition) is 1. The normalized spacial score (nSPS) is 23.5. The summed E-state index contributed by atoms with van der Waals surface area (Å²) in [5.41, 5.74) is 0. The maximum absolute atomic E-state index is 5.76. The van der Waals surface area contributed by atoms with Gasteiger partial charge in [-0.05, 0) is 33.1 Å². The minimum atomic E-state index is 0.855. The lowest BCUT2D eigenvalue weighted by Crippen LogP contribution is -2.51. The summed E-state index contributed by atoms with van der Waals surface area (Å²) in [4.78, 5) is 5.76. The van der Waals surface area contributed by atoms with Gasteiger partial charge < -0.3 is 0 Å². The van der Waals surface area contributed by atoms with Crippen molar-refractivity contribution in [2.24, 2.45) is 0 Å². The summed E-state index contributed by atoms with van der Waals surface area (Å²) in [7, 11) is 0. The number of rotatable bonds is 3. The molecule has 2 heteroatoms. The second-order valence-electron chi connectivity index (χ2n) is 3.30. The fourth-order valence-electron chi connectivity index (χ4n) is 1.90. The molecule has 0 amide bonds. The molecular formula is C9H20NO+. The van der Waals surface area contributed by atoms with Crippen LogP contribution in [0.3, 0.4) is 0 Å². The number of likely N-dealkylation sites (tertiary alicyclic amines) is 1. The Labute approximate surface area is 69.7 Å². The Morgan fingerprint density at radius 3 is 2.18 bits per heavy atom. The van der Waals surface area contributed by atoms with E-state index in [2.05, 4.69) is 13.8 Å². The summed E-state index contributed by atoms with van der Waals surface area (Å²) >= 11 is 0. The molecule has 0 bridgehead atoms. The fourth-order valence-corrected chi connectivity index (χ4v) is 1.90. The highest BCUT2D eigenvalue weighted by Gasteiger charge is 2.29. The molecule has 11 heavy (non-hydrogen) atoms. The highest BCUT2D eigenvalue weighted by Crippen LogP contribution is 2.18. The molecule has 0 atom stereocenters. The van der Waals surface area contributed by atoms with Crippen molar-refractivity contribution >= 4 is 0 Å². The van der Waals surface area contributed by atoms with Gasteiger partial charge >= 0.3 is 0 Å². The van der Waals surface area contributed by atoms with Crippen molar-refractivity contribution < 1.29 is 9.48 Å². The van der Waals surface area contributed by atoms with Gasteiger partial charge in [-0.2, -0.15) is 4.65 Å². The minimum Gasteiger partial charge on any atom is -0.203 e. The van der Waals surface area contributed by atoms with E-state index in [0.717, 1.165) is 17.8 Å². The van der Waals surface area contributed by atoms with Crippen LogP contribution in [0.5, 0.6) is 0 Å². The van der Waals surface area contributed by atoms with Crippen molar-refractivity contribution in [1.82, 2.24) is 0 Å². The zero-order chi connectivity index (χ0) is 8.16. The van der Waals surface area contributed by atoms with Crippen molar-refractivity contribution in [2.45, 2.75) is 33.1 Å². The van der Waals surface area contributed by atoms with Gasteiger partial charge in [-0.25, -0.2) is 4.84 Å². The van der Waals surface area contributed by atoms with E-state index >= 15 is 0 Å². The van der Waals surface area contributed by atoms with Crippen LogP contribution in [0.4, 0.5) is 0 Å².